The first kappa shape index (κ1) is 23.0. The van der Waals surface area contributed by atoms with Crippen LogP contribution >= 0.6 is 11.6 Å². The number of benzene rings is 1. The molecule has 8 nitrogen and oxygen atoms in total. The molecule has 172 valence electrons. The van der Waals surface area contributed by atoms with Crippen molar-refractivity contribution in [1.29, 1.82) is 0 Å². The van der Waals surface area contributed by atoms with Crippen LogP contribution in [0.2, 0.25) is 5.02 Å². The van der Waals surface area contributed by atoms with E-state index in [-0.39, 0.29) is 23.0 Å². The zero-order chi connectivity index (χ0) is 22.9. The van der Waals surface area contributed by atoms with Crippen LogP contribution in [0.4, 0.5) is 5.82 Å². The van der Waals surface area contributed by atoms with Gasteiger partial charge in [0.1, 0.15) is 5.82 Å². The van der Waals surface area contributed by atoms with Gasteiger partial charge >= 0.3 is 0 Å². The van der Waals surface area contributed by atoms with Crippen molar-refractivity contribution >= 4 is 33.3 Å². The van der Waals surface area contributed by atoms with Crippen LogP contribution in [0.3, 0.4) is 0 Å². The molecular formula is C22H27ClN4O4S. The van der Waals surface area contributed by atoms with E-state index in [9.17, 15) is 13.2 Å². The highest BCUT2D eigenvalue weighted by Crippen LogP contribution is 2.23. The molecule has 2 fully saturated rings. The Morgan fingerprint density at radius 1 is 1.06 bits per heavy atom. The topological polar surface area (TPSA) is 83.1 Å². The molecule has 0 spiro atoms. The number of morpholine rings is 1. The number of rotatable bonds is 4. The predicted octanol–water partition coefficient (Wildman–Crippen LogP) is 2.50. The monoisotopic (exact) mass is 478 g/mol. The smallest absolute Gasteiger partial charge is 0.254 e. The quantitative estimate of drug-likeness (QED) is 0.671. The second-order valence-electron chi connectivity index (χ2n) is 8.22. The number of halogens is 1. The first-order chi connectivity index (χ1) is 15.2. The number of aromatic nitrogens is 1. The molecule has 1 aromatic carbocycles. The van der Waals surface area contributed by atoms with Gasteiger partial charge in [0.15, 0.2) is 0 Å². The summed E-state index contributed by atoms with van der Waals surface area (Å²) >= 11 is 5.91. The number of nitrogens with zero attached hydrogens (tertiary/aromatic N) is 4. The lowest BCUT2D eigenvalue weighted by molar-refractivity contribution is -0.0440. The van der Waals surface area contributed by atoms with Crippen LogP contribution in [0.1, 0.15) is 24.2 Å². The van der Waals surface area contributed by atoms with Gasteiger partial charge in [0.05, 0.1) is 22.1 Å². The summed E-state index contributed by atoms with van der Waals surface area (Å²) in [6.45, 7) is 6.65. The molecule has 2 aliphatic rings. The van der Waals surface area contributed by atoms with E-state index in [4.69, 9.17) is 16.3 Å². The lowest BCUT2D eigenvalue weighted by Crippen LogP contribution is -2.49. The number of pyridine rings is 1. The van der Waals surface area contributed by atoms with Crippen molar-refractivity contribution in [2.45, 2.75) is 31.0 Å². The molecule has 32 heavy (non-hydrogen) atoms. The SMILES string of the molecule is CC1CN(S(=O)(=O)c2cccc(C(=O)N3CCN(c4ccc(Cl)cn4)CC3)c2)CC(C)O1. The van der Waals surface area contributed by atoms with Crippen molar-refractivity contribution in [2.24, 2.45) is 0 Å². The van der Waals surface area contributed by atoms with Gasteiger partial charge in [0, 0.05) is 51.0 Å². The largest absolute Gasteiger partial charge is 0.373 e. The molecule has 1 aromatic heterocycles. The van der Waals surface area contributed by atoms with Gasteiger partial charge < -0.3 is 14.5 Å². The number of sulfonamides is 1. The molecule has 2 unspecified atom stereocenters. The van der Waals surface area contributed by atoms with Gasteiger partial charge in [-0.2, -0.15) is 4.31 Å². The molecule has 2 atom stereocenters. The van der Waals surface area contributed by atoms with Gasteiger partial charge in [-0.05, 0) is 44.2 Å². The number of hydrogen-bond acceptors (Lipinski definition) is 6. The second kappa shape index (κ2) is 9.35. The fourth-order valence-corrected chi connectivity index (χ4v) is 5.89. The summed E-state index contributed by atoms with van der Waals surface area (Å²) in [6.07, 6.45) is 1.26. The number of amides is 1. The lowest BCUT2D eigenvalue weighted by Gasteiger charge is -2.35. The third kappa shape index (κ3) is 4.91. The van der Waals surface area contributed by atoms with Crippen molar-refractivity contribution in [1.82, 2.24) is 14.2 Å². The van der Waals surface area contributed by atoms with Crippen LogP contribution in [-0.2, 0) is 14.8 Å². The zero-order valence-electron chi connectivity index (χ0n) is 18.1. The van der Waals surface area contributed by atoms with Gasteiger partial charge in [-0.1, -0.05) is 17.7 Å². The molecule has 10 heteroatoms. The third-order valence-corrected chi connectivity index (χ3v) is 7.76. The van der Waals surface area contributed by atoms with Crippen molar-refractivity contribution in [3.63, 3.8) is 0 Å². The normalized spacial score (nSPS) is 22.7. The van der Waals surface area contributed by atoms with Gasteiger partial charge in [-0.25, -0.2) is 13.4 Å². The van der Waals surface area contributed by atoms with E-state index >= 15 is 0 Å². The Balaban J connectivity index is 1.45. The minimum Gasteiger partial charge on any atom is -0.373 e. The molecule has 0 bridgehead atoms. The van der Waals surface area contributed by atoms with Crippen LogP contribution in [0.5, 0.6) is 0 Å². The van der Waals surface area contributed by atoms with Gasteiger partial charge in [0.25, 0.3) is 5.91 Å². The maximum atomic E-state index is 13.2. The van der Waals surface area contributed by atoms with Crippen molar-refractivity contribution in [3.8, 4) is 0 Å². The fraction of sp³-hybridized carbons (Fsp3) is 0.455. The van der Waals surface area contributed by atoms with Gasteiger partial charge in [0.2, 0.25) is 10.0 Å². The Bertz CT molecular complexity index is 1060. The van der Waals surface area contributed by atoms with Crippen LogP contribution in [-0.4, -0.2) is 80.0 Å². The highest BCUT2D eigenvalue weighted by Gasteiger charge is 2.33. The highest BCUT2D eigenvalue weighted by atomic mass is 35.5. The maximum absolute atomic E-state index is 13.2. The van der Waals surface area contributed by atoms with E-state index in [1.165, 1.54) is 10.4 Å². The first-order valence-electron chi connectivity index (χ1n) is 10.7. The van der Waals surface area contributed by atoms with E-state index < -0.39 is 10.0 Å². The van der Waals surface area contributed by atoms with E-state index in [0.717, 1.165) is 5.82 Å². The molecule has 2 aliphatic heterocycles. The Labute approximate surface area is 193 Å². The Morgan fingerprint density at radius 2 is 1.75 bits per heavy atom. The molecule has 3 heterocycles. The van der Waals surface area contributed by atoms with Gasteiger partial charge in [-0.15, -0.1) is 0 Å². The summed E-state index contributed by atoms with van der Waals surface area (Å²) < 4.78 is 33.4. The average Bonchev–Trinajstić information content (AvgIpc) is 2.79. The number of carbonyl (C=O) groups is 1. The van der Waals surface area contributed by atoms with E-state index in [0.29, 0.717) is 49.9 Å². The summed E-state index contributed by atoms with van der Waals surface area (Å²) in [4.78, 5) is 21.4. The molecule has 2 aromatic rings. The lowest BCUT2D eigenvalue weighted by atomic mass is 10.2. The van der Waals surface area contributed by atoms with Crippen molar-refractivity contribution in [2.75, 3.05) is 44.2 Å². The number of anilines is 1. The Hall–Kier alpha value is -2.20. The Kier molecular flexibility index (Phi) is 6.71. The van der Waals surface area contributed by atoms with Crippen molar-refractivity contribution < 1.29 is 17.9 Å². The molecular weight excluding hydrogens is 452 g/mol. The summed E-state index contributed by atoms with van der Waals surface area (Å²) in [6, 6.07) is 9.97. The maximum Gasteiger partial charge on any atom is 0.254 e. The summed E-state index contributed by atoms with van der Waals surface area (Å²) in [5.74, 6) is 0.651. The minimum absolute atomic E-state index is 0.133. The average molecular weight is 479 g/mol. The number of hydrogen-bond donors (Lipinski definition) is 0. The molecule has 2 saturated heterocycles. The third-order valence-electron chi connectivity index (χ3n) is 5.71. The van der Waals surface area contributed by atoms with E-state index in [1.54, 1.807) is 35.4 Å². The number of piperazine rings is 1. The second-order valence-corrected chi connectivity index (χ2v) is 10.6. The van der Waals surface area contributed by atoms with Crippen LogP contribution < -0.4 is 4.90 Å². The predicted molar refractivity (Wildman–Crippen MR) is 123 cm³/mol. The highest BCUT2D eigenvalue weighted by molar-refractivity contribution is 7.89. The standard InChI is InChI=1S/C22H27ClN4O4S/c1-16-14-27(15-17(2)31-16)32(29,30)20-5-3-4-18(12-20)22(28)26-10-8-25(9-11-26)21-7-6-19(23)13-24-21/h3-7,12-13,16-17H,8-11,14-15H2,1-2H3. The molecule has 0 N–H and O–H groups in total. The molecule has 4 rings (SSSR count). The summed E-state index contributed by atoms with van der Waals surface area (Å²) in [7, 11) is -3.71. The van der Waals surface area contributed by atoms with E-state index in [2.05, 4.69) is 9.88 Å². The summed E-state index contributed by atoms with van der Waals surface area (Å²) in [5.41, 5.74) is 0.374. The van der Waals surface area contributed by atoms with Crippen LogP contribution in [0, 0.1) is 0 Å². The fourth-order valence-electron chi connectivity index (χ4n) is 4.14. The number of ether oxygens (including phenoxy) is 1. The van der Waals surface area contributed by atoms with Gasteiger partial charge in [-0.3, -0.25) is 4.79 Å². The van der Waals surface area contributed by atoms with Crippen LogP contribution in [0.25, 0.3) is 0 Å². The Morgan fingerprint density at radius 3 is 2.38 bits per heavy atom. The number of carbonyl (C=O) groups excluding carboxylic acids is 1. The molecule has 0 saturated carbocycles. The summed E-state index contributed by atoms with van der Waals surface area (Å²) in [5, 5.41) is 0.582. The molecule has 0 radical (unpaired) electrons. The van der Waals surface area contributed by atoms with Crippen LogP contribution in [0.15, 0.2) is 47.5 Å². The van der Waals surface area contributed by atoms with Crippen molar-refractivity contribution in [3.05, 3.63) is 53.2 Å². The van der Waals surface area contributed by atoms with E-state index in [1.807, 2.05) is 19.9 Å². The zero-order valence-corrected chi connectivity index (χ0v) is 19.7. The minimum atomic E-state index is -3.71. The molecule has 0 aliphatic carbocycles. The molecule has 1 amide bonds. The first-order valence-corrected chi connectivity index (χ1v) is 12.5.